The zero-order valence-corrected chi connectivity index (χ0v) is 13.9. The lowest BCUT2D eigenvalue weighted by Crippen LogP contribution is -2.28. The Morgan fingerprint density at radius 2 is 2.23 bits per heavy atom. The van der Waals surface area contributed by atoms with Gasteiger partial charge in [0.2, 0.25) is 17.5 Å². The van der Waals surface area contributed by atoms with Gasteiger partial charge in [-0.2, -0.15) is 9.37 Å². The number of ether oxygens (including phenoxy) is 1. The molecular formula is C15H14F2N4O5. The Morgan fingerprint density at radius 3 is 2.88 bits per heavy atom. The van der Waals surface area contributed by atoms with Crippen molar-refractivity contribution < 1.29 is 27.8 Å². The summed E-state index contributed by atoms with van der Waals surface area (Å²) in [5.74, 6) is -2.63. The number of hydrogen-bond donors (Lipinski definition) is 0. The molecule has 0 aliphatic carbocycles. The number of amides is 1. The van der Waals surface area contributed by atoms with E-state index in [2.05, 4.69) is 14.9 Å². The highest BCUT2D eigenvalue weighted by Gasteiger charge is 2.33. The highest BCUT2D eigenvalue weighted by Crippen LogP contribution is 2.34. The molecule has 0 saturated carbocycles. The van der Waals surface area contributed by atoms with Crippen LogP contribution in [0.25, 0.3) is 11.4 Å². The van der Waals surface area contributed by atoms with Crippen molar-refractivity contribution in [2.75, 3.05) is 20.2 Å². The number of nitro groups is 1. The molecule has 9 nitrogen and oxygen atoms in total. The molecule has 1 aliphatic heterocycles. The molecule has 1 aromatic heterocycles. The van der Waals surface area contributed by atoms with Gasteiger partial charge in [0.25, 0.3) is 0 Å². The number of benzene rings is 1. The summed E-state index contributed by atoms with van der Waals surface area (Å²) in [6.45, 7) is 1.81. The lowest BCUT2D eigenvalue weighted by Gasteiger charge is -2.12. The van der Waals surface area contributed by atoms with E-state index in [9.17, 15) is 23.7 Å². The highest BCUT2D eigenvalue weighted by atomic mass is 19.1. The first-order valence-corrected chi connectivity index (χ1v) is 7.63. The summed E-state index contributed by atoms with van der Waals surface area (Å²) in [6.07, 6.45) is 0.0382. The molecule has 1 amide bonds. The van der Waals surface area contributed by atoms with Gasteiger partial charge in [-0.3, -0.25) is 10.1 Å². The molecule has 1 aliphatic rings. The molecule has 1 aromatic carbocycles. The van der Waals surface area contributed by atoms with Crippen LogP contribution in [0.3, 0.4) is 0 Å². The summed E-state index contributed by atoms with van der Waals surface area (Å²) in [5, 5.41) is 14.6. The van der Waals surface area contributed by atoms with E-state index in [1.54, 1.807) is 0 Å². The SMILES string of the molecule is COC(=O)N1CC[C@H](c2nc(-c3cc(F)c(C)c([N+](=O)[O-])c3F)no2)C1. The second-order valence-corrected chi connectivity index (χ2v) is 5.81. The van der Waals surface area contributed by atoms with Gasteiger partial charge in [0.05, 0.1) is 29.1 Å². The predicted molar refractivity (Wildman–Crippen MR) is 82.4 cm³/mol. The third-order valence-corrected chi connectivity index (χ3v) is 4.26. The van der Waals surface area contributed by atoms with Crippen molar-refractivity contribution in [2.45, 2.75) is 19.3 Å². The highest BCUT2D eigenvalue weighted by molar-refractivity contribution is 5.68. The van der Waals surface area contributed by atoms with Gasteiger partial charge in [-0.05, 0) is 19.4 Å². The number of rotatable bonds is 3. The zero-order valence-electron chi connectivity index (χ0n) is 13.9. The summed E-state index contributed by atoms with van der Waals surface area (Å²) in [4.78, 5) is 27.0. The lowest BCUT2D eigenvalue weighted by atomic mass is 10.1. The Labute approximate surface area is 145 Å². The molecule has 26 heavy (non-hydrogen) atoms. The topological polar surface area (TPSA) is 112 Å². The van der Waals surface area contributed by atoms with E-state index in [0.717, 1.165) is 13.0 Å². The van der Waals surface area contributed by atoms with Crippen molar-refractivity contribution in [1.82, 2.24) is 15.0 Å². The normalized spacial score (nSPS) is 16.8. The molecule has 3 rings (SSSR count). The van der Waals surface area contributed by atoms with E-state index in [4.69, 9.17) is 4.52 Å². The van der Waals surface area contributed by atoms with E-state index in [0.29, 0.717) is 13.0 Å². The maximum absolute atomic E-state index is 14.5. The molecule has 0 N–H and O–H groups in total. The first kappa shape index (κ1) is 17.7. The fourth-order valence-electron chi connectivity index (χ4n) is 2.85. The molecule has 0 spiro atoms. The molecule has 0 bridgehead atoms. The minimum Gasteiger partial charge on any atom is -0.453 e. The standard InChI is InChI=1S/C15H14F2N4O5/c1-7-10(16)5-9(11(17)12(7)21(23)24)13-18-14(26-19-13)8-3-4-20(6-8)15(22)25-2/h5,8H,3-4,6H2,1-2H3/t8-/m0/s1. The van der Waals surface area contributed by atoms with Crippen LogP contribution in [0, 0.1) is 28.7 Å². The van der Waals surface area contributed by atoms with Crippen LogP contribution in [0.1, 0.15) is 23.8 Å². The van der Waals surface area contributed by atoms with Gasteiger partial charge in [-0.15, -0.1) is 0 Å². The van der Waals surface area contributed by atoms with Crippen LogP contribution >= 0.6 is 0 Å². The van der Waals surface area contributed by atoms with Crippen LogP contribution in [-0.2, 0) is 4.74 Å². The molecule has 11 heteroatoms. The molecule has 138 valence electrons. The summed E-state index contributed by atoms with van der Waals surface area (Å²) >= 11 is 0. The smallest absolute Gasteiger partial charge is 0.409 e. The summed E-state index contributed by atoms with van der Waals surface area (Å²) in [6, 6.07) is 0.793. The van der Waals surface area contributed by atoms with Gasteiger partial charge in [-0.25, -0.2) is 9.18 Å². The maximum atomic E-state index is 14.5. The van der Waals surface area contributed by atoms with Crippen LogP contribution in [0.15, 0.2) is 10.6 Å². The van der Waals surface area contributed by atoms with Crippen molar-refractivity contribution >= 4 is 11.8 Å². The van der Waals surface area contributed by atoms with Gasteiger partial charge in [-0.1, -0.05) is 5.16 Å². The largest absolute Gasteiger partial charge is 0.453 e. The Kier molecular flexibility index (Phi) is 4.53. The monoisotopic (exact) mass is 368 g/mol. The minimum absolute atomic E-state index is 0.134. The van der Waals surface area contributed by atoms with Gasteiger partial charge < -0.3 is 14.2 Å². The van der Waals surface area contributed by atoms with Crippen LogP contribution in [0.5, 0.6) is 0 Å². The third kappa shape index (κ3) is 2.95. The third-order valence-electron chi connectivity index (χ3n) is 4.26. The van der Waals surface area contributed by atoms with Gasteiger partial charge in [0.1, 0.15) is 5.82 Å². The van der Waals surface area contributed by atoms with Crippen molar-refractivity contribution in [2.24, 2.45) is 0 Å². The molecule has 0 unspecified atom stereocenters. The molecule has 0 radical (unpaired) electrons. The van der Waals surface area contributed by atoms with E-state index < -0.39 is 39.5 Å². The number of aromatic nitrogens is 2. The average Bonchev–Trinajstić information content (AvgIpc) is 3.26. The van der Waals surface area contributed by atoms with Crippen LogP contribution < -0.4 is 0 Å². The fraction of sp³-hybridized carbons (Fsp3) is 0.400. The number of methoxy groups -OCH3 is 1. The van der Waals surface area contributed by atoms with Crippen LogP contribution in [0.4, 0.5) is 19.3 Å². The first-order chi connectivity index (χ1) is 12.3. The van der Waals surface area contributed by atoms with Crippen molar-refractivity contribution in [1.29, 1.82) is 0 Å². The number of carbonyl (C=O) groups excluding carboxylic acids is 1. The Hall–Kier alpha value is -3.11. The van der Waals surface area contributed by atoms with Gasteiger partial charge in [0.15, 0.2) is 0 Å². The van der Waals surface area contributed by atoms with Crippen LogP contribution in [-0.4, -0.2) is 46.3 Å². The number of halogens is 2. The molecular weight excluding hydrogens is 354 g/mol. The van der Waals surface area contributed by atoms with E-state index >= 15 is 0 Å². The maximum Gasteiger partial charge on any atom is 0.409 e. The van der Waals surface area contributed by atoms with E-state index in [1.807, 2.05) is 0 Å². The van der Waals surface area contributed by atoms with E-state index in [1.165, 1.54) is 12.0 Å². The second-order valence-electron chi connectivity index (χ2n) is 5.81. The van der Waals surface area contributed by atoms with Crippen LogP contribution in [0.2, 0.25) is 0 Å². The predicted octanol–water partition coefficient (Wildman–Crippen LogP) is 2.79. The fourth-order valence-corrected chi connectivity index (χ4v) is 2.85. The van der Waals surface area contributed by atoms with Gasteiger partial charge in [0, 0.05) is 13.1 Å². The Balaban J connectivity index is 1.92. The Bertz CT molecular complexity index is 885. The number of nitrogens with zero attached hydrogens (tertiary/aromatic N) is 4. The minimum atomic E-state index is -1.23. The van der Waals surface area contributed by atoms with Crippen molar-refractivity contribution in [3.63, 3.8) is 0 Å². The number of carbonyl (C=O) groups is 1. The molecule has 2 aromatic rings. The quantitative estimate of drug-likeness (QED) is 0.605. The van der Waals surface area contributed by atoms with E-state index in [-0.39, 0.29) is 24.2 Å². The average molecular weight is 368 g/mol. The summed E-state index contributed by atoms with van der Waals surface area (Å²) in [5.41, 5.74) is -1.84. The number of likely N-dealkylation sites (tertiary alicyclic amines) is 1. The first-order valence-electron chi connectivity index (χ1n) is 7.63. The Morgan fingerprint density at radius 1 is 1.50 bits per heavy atom. The molecule has 2 heterocycles. The number of nitro benzene ring substituents is 1. The molecule has 1 atom stereocenters. The van der Waals surface area contributed by atoms with Crippen molar-refractivity contribution in [3.05, 3.63) is 39.3 Å². The second kappa shape index (κ2) is 6.65. The lowest BCUT2D eigenvalue weighted by molar-refractivity contribution is -0.388. The van der Waals surface area contributed by atoms with Gasteiger partial charge >= 0.3 is 11.8 Å². The summed E-state index contributed by atoms with van der Waals surface area (Å²) in [7, 11) is 1.27. The zero-order chi connectivity index (χ0) is 19.0. The molecule has 1 saturated heterocycles. The van der Waals surface area contributed by atoms with Crippen molar-refractivity contribution in [3.8, 4) is 11.4 Å². The number of hydrogen-bond acceptors (Lipinski definition) is 7. The summed E-state index contributed by atoms with van der Waals surface area (Å²) < 4.78 is 38.1. The molecule has 1 fully saturated rings.